The van der Waals surface area contributed by atoms with Gasteiger partial charge in [0.1, 0.15) is 0 Å². The van der Waals surface area contributed by atoms with Crippen LogP contribution in [0.3, 0.4) is 0 Å². The predicted octanol–water partition coefficient (Wildman–Crippen LogP) is -0.344. The Balaban J connectivity index is 2.74. The molecule has 0 saturated carbocycles. The first-order valence-electron chi connectivity index (χ1n) is 6.46. The number of aromatic nitrogens is 4. The first kappa shape index (κ1) is 13.5. The van der Waals surface area contributed by atoms with Crippen LogP contribution in [0.1, 0.15) is 19.8 Å². The van der Waals surface area contributed by atoms with Crippen molar-refractivity contribution in [2.75, 3.05) is 6.54 Å². The van der Waals surface area contributed by atoms with Crippen molar-refractivity contribution in [2.45, 2.75) is 32.9 Å². The second-order valence-electron chi connectivity index (χ2n) is 4.55. The maximum atomic E-state index is 12.2. The summed E-state index contributed by atoms with van der Waals surface area (Å²) in [4.78, 5) is 28.5. The highest BCUT2D eigenvalue weighted by atomic mass is 16.2. The molecule has 0 radical (unpaired) electrons. The van der Waals surface area contributed by atoms with E-state index in [0.717, 1.165) is 17.4 Å². The fourth-order valence-corrected chi connectivity index (χ4v) is 2.13. The third-order valence-corrected chi connectivity index (χ3v) is 3.20. The van der Waals surface area contributed by atoms with Crippen molar-refractivity contribution in [3.8, 4) is 0 Å². The summed E-state index contributed by atoms with van der Waals surface area (Å²) in [5.41, 5.74) is 5.79. The van der Waals surface area contributed by atoms with Gasteiger partial charge in [0.2, 0.25) is 0 Å². The van der Waals surface area contributed by atoms with E-state index in [1.807, 2.05) is 0 Å². The van der Waals surface area contributed by atoms with Crippen molar-refractivity contribution in [1.82, 2.24) is 18.7 Å². The summed E-state index contributed by atoms with van der Waals surface area (Å²) in [6.07, 6.45) is 3.41. The molecule has 7 nitrogen and oxygen atoms in total. The highest BCUT2D eigenvalue weighted by Gasteiger charge is 2.15. The van der Waals surface area contributed by atoms with E-state index in [-0.39, 0.29) is 11.2 Å². The van der Waals surface area contributed by atoms with Crippen molar-refractivity contribution in [2.24, 2.45) is 12.8 Å². The number of rotatable bonds is 5. The molecule has 0 fully saturated rings. The van der Waals surface area contributed by atoms with E-state index >= 15 is 0 Å². The van der Waals surface area contributed by atoms with Crippen LogP contribution in [0.5, 0.6) is 0 Å². The molecule has 0 aliphatic heterocycles. The van der Waals surface area contributed by atoms with Gasteiger partial charge in [0.25, 0.3) is 5.56 Å². The summed E-state index contributed by atoms with van der Waals surface area (Å²) in [5.74, 6) is 0. The third-order valence-electron chi connectivity index (χ3n) is 3.20. The van der Waals surface area contributed by atoms with Crippen LogP contribution in [0.2, 0.25) is 0 Å². The second kappa shape index (κ2) is 5.40. The first-order chi connectivity index (χ1) is 9.11. The summed E-state index contributed by atoms with van der Waals surface area (Å²) < 4.78 is 4.40. The van der Waals surface area contributed by atoms with Crippen LogP contribution in [-0.4, -0.2) is 25.2 Å². The minimum absolute atomic E-state index is 0.316. The number of imidazole rings is 1. The fourth-order valence-electron chi connectivity index (χ4n) is 2.13. The van der Waals surface area contributed by atoms with Gasteiger partial charge in [-0.3, -0.25) is 13.9 Å². The van der Waals surface area contributed by atoms with Crippen LogP contribution in [0, 0.1) is 0 Å². The van der Waals surface area contributed by atoms with Gasteiger partial charge >= 0.3 is 5.69 Å². The summed E-state index contributed by atoms with van der Waals surface area (Å²) in [6.45, 7) is 3.55. The van der Waals surface area contributed by atoms with Crippen LogP contribution in [0.4, 0.5) is 0 Å². The molecule has 0 aromatic carbocycles. The number of hydrogen-bond donors (Lipinski definition) is 1. The monoisotopic (exact) mass is 265 g/mol. The molecule has 104 valence electrons. The molecule has 0 unspecified atom stereocenters. The number of nitrogens with zero attached hydrogens (tertiary/aromatic N) is 4. The van der Waals surface area contributed by atoms with Crippen LogP contribution >= 0.6 is 0 Å². The van der Waals surface area contributed by atoms with Gasteiger partial charge in [-0.05, 0) is 6.42 Å². The lowest BCUT2D eigenvalue weighted by molar-refractivity contribution is 0.583. The van der Waals surface area contributed by atoms with Crippen LogP contribution in [0.15, 0.2) is 15.9 Å². The normalized spacial score (nSPS) is 11.3. The summed E-state index contributed by atoms with van der Waals surface area (Å²) >= 11 is 0. The van der Waals surface area contributed by atoms with Crippen molar-refractivity contribution in [3.05, 3.63) is 27.2 Å². The van der Waals surface area contributed by atoms with Crippen LogP contribution < -0.4 is 17.0 Å². The molecule has 0 aliphatic carbocycles. The third kappa shape index (κ3) is 2.21. The van der Waals surface area contributed by atoms with Crippen molar-refractivity contribution in [1.29, 1.82) is 0 Å². The molecule has 2 aromatic rings. The maximum absolute atomic E-state index is 12.2. The average Bonchev–Trinajstić information content (AvgIpc) is 2.80. The lowest BCUT2D eigenvalue weighted by atomic mass is 10.3. The van der Waals surface area contributed by atoms with Crippen molar-refractivity contribution >= 4 is 11.2 Å². The number of nitrogens with two attached hydrogens (primary N) is 1. The number of unbranched alkanes of at least 4 members (excludes halogenated alkanes) is 1. The highest BCUT2D eigenvalue weighted by Crippen LogP contribution is 2.07. The van der Waals surface area contributed by atoms with Gasteiger partial charge in [0.05, 0.1) is 6.33 Å². The second-order valence-corrected chi connectivity index (χ2v) is 4.55. The Morgan fingerprint density at radius 1 is 1.32 bits per heavy atom. The van der Waals surface area contributed by atoms with Crippen LogP contribution in [-0.2, 0) is 20.1 Å². The largest absolute Gasteiger partial charge is 0.332 e. The van der Waals surface area contributed by atoms with E-state index in [0.29, 0.717) is 30.8 Å². The van der Waals surface area contributed by atoms with E-state index in [4.69, 9.17) is 5.73 Å². The van der Waals surface area contributed by atoms with Crippen molar-refractivity contribution in [3.63, 3.8) is 0 Å². The van der Waals surface area contributed by atoms with Gasteiger partial charge in [-0.25, -0.2) is 9.78 Å². The van der Waals surface area contributed by atoms with Gasteiger partial charge < -0.3 is 10.3 Å². The SMILES string of the molecule is CCCCn1c(=O)n(C)c(=O)c2c1ncn2CCN. The minimum atomic E-state index is -0.321. The Hall–Kier alpha value is -1.89. The van der Waals surface area contributed by atoms with Crippen molar-refractivity contribution < 1.29 is 0 Å². The number of aryl methyl sites for hydroxylation is 1. The molecule has 19 heavy (non-hydrogen) atoms. The molecule has 0 spiro atoms. The molecule has 0 bridgehead atoms. The predicted molar refractivity (Wildman–Crippen MR) is 73.2 cm³/mol. The van der Waals surface area contributed by atoms with Crippen LogP contribution in [0.25, 0.3) is 11.2 Å². The number of hydrogen-bond acceptors (Lipinski definition) is 4. The average molecular weight is 265 g/mol. The molecule has 0 amide bonds. The van der Waals surface area contributed by atoms with Gasteiger partial charge in [-0.1, -0.05) is 13.3 Å². The van der Waals surface area contributed by atoms with Gasteiger partial charge in [-0.2, -0.15) is 0 Å². The Morgan fingerprint density at radius 2 is 2.05 bits per heavy atom. The molecular weight excluding hydrogens is 246 g/mol. The summed E-state index contributed by atoms with van der Waals surface area (Å²) in [6, 6.07) is 0. The number of fused-ring (bicyclic) bond motifs is 1. The van der Waals surface area contributed by atoms with E-state index in [1.165, 1.54) is 7.05 Å². The molecule has 2 aromatic heterocycles. The smallest absolute Gasteiger partial charge is 0.329 e. The molecule has 0 aliphatic rings. The van der Waals surface area contributed by atoms with Gasteiger partial charge in [-0.15, -0.1) is 0 Å². The highest BCUT2D eigenvalue weighted by molar-refractivity contribution is 5.70. The molecule has 2 heterocycles. The molecule has 2 rings (SSSR count). The lowest BCUT2D eigenvalue weighted by Crippen LogP contribution is -2.39. The minimum Gasteiger partial charge on any atom is -0.329 e. The standard InChI is InChI=1S/C12H19N5O2/c1-3-4-6-17-10-9(11(18)15(2)12(17)19)16(7-5-13)8-14-10/h8H,3-7,13H2,1-2H3. The fraction of sp³-hybridized carbons (Fsp3) is 0.583. The zero-order valence-electron chi connectivity index (χ0n) is 11.3. The van der Waals surface area contributed by atoms with E-state index in [9.17, 15) is 9.59 Å². The van der Waals surface area contributed by atoms with E-state index in [1.54, 1.807) is 15.5 Å². The molecule has 0 saturated heterocycles. The summed E-state index contributed by atoms with van der Waals surface area (Å²) in [5, 5.41) is 0. The quantitative estimate of drug-likeness (QED) is 0.800. The Labute approximate surface area is 110 Å². The molecular formula is C12H19N5O2. The maximum Gasteiger partial charge on any atom is 0.332 e. The van der Waals surface area contributed by atoms with Gasteiger partial charge in [0, 0.05) is 26.7 Å². The zero-order chi connectivity index (χ0) is 14.0. The Morgan fingerprint density at radius 3 is 2.68 bits per heavy atom. The molecule has 7 heteroatoms. The Kier molecular flexibility index (Phi) is 3.84. The topological polar surface area (TPSA) is 87.8 Å². The Bertz CT molecular complexity index is 694. The zero-order valence-corrected chi connectivity index (χ0v) is 11.3. The van der Waals surface area contributed by atoms with E-state index < -0.39 is 0 Å². The molecule has 2 N–H and O–H groups in total. The van der Waals surface area contributed by atoms with E-state index in [2.05, 4.69) is 11.9 Å². The van der Waals surface area contributed by atoms with Gasteiger partial charge in [0.15, 0.2) is 11.2 Å². The molecule has 0 atom stereocenters. The lowest BCUT2D eigenvalue weighted by Gasteiger charge is -2.09. The summed E-state index contributed by atoms with van der Waals surface area (Å²) in [7, 11) is 1.49. The first-order valence-corrected chi connectivity index (χ1v) is 6.46.